The van der Waals surface area contributed by atoms with Crippen molar-refractivity contribution in [3.8, 4) is 11.5 Å². The van der Waals surface area contributed by atoms with Gasteiger partial charge in [0, 0.05) is 11.3 Å². The van der Waals surface area contributed by atoms with Crippen LogP contribution in [-0.4, -0.2) is 33.6 Å². The van der Waals surface area contributed by atoms with E-state index < -0.39 is 17.7 Å². The fraction of sp³-hybridized carbons (Fsp3) is 0.189. The van der Waals surface area contributed by atoms with Crippen molar-refractivity contribution in [2.45, 2.75) is 43.5 Å². The summed E-state index contributed by atoms with van der Waals surface area (Å²) in [7, 11) is 0. The number of rotatable bonds is 11. The van der Waals surface area contributed by atoms with Crippen LogP contribution in [0, 0.1) is 13.8 Å². The zero-order valence-corrected chi connectivity index (χ0v) is 27.8. The molecule has 0 saturated carbocycles. The predicted octanol–water partition coefficient (Wildman–Crippen LogP) is 8.05. The van der Waals surface area contributed by atoms with E-state index in [-0.39, 0.29) is 16.5 Å². The SMILES string of the molecule is CCOc1ccc(C2C(=C(O)c3ccc(OCc4cccc(C)c4)cc3)C(=O)C(=O)N2c2nnc(SCc3ccc(C)cc3)s2)cc1. The number of carbonyl (C=O) groups is 2. The number of benzene rings is 4. The molecule has 8 nitrogen and oxygen atoms in total. The molecule has 1 atom stereocenters. The summed E-state index contributed by atoms with van der Waals surface area (Å²) in [5, 5.41) is 20.5. The highest BCUT2D eigenvalue weighted by Crippen LogP contribution is 2.44. The Morgan fingerprint density at radius 3 is 2.26 bits per heavy atom. The molecule has 10 heteroatoms. The Labute approximate surface area is 281 Å². The minimum atomic E-state index is -0.925. The number of aryl methyl sites for hydroxylation is 2. The molecule has 1 fully saturated rings. The van der Waals surface area contributed by atoms with E-state index in [9.17, 15) is 14.7 Å². The van der Waals surface area contributed by atoms with Crippen LogP contribution in [0.1, 0.15) is 46.3 Å². The number of anilines is 1. The molecule has 1 N–H and O–H groups in total. The molecular weight excluding hydrogens is 631 g/mol. The standard InChI is InChI=1S/C37H33N3O5S2/c1-4-44-29-16-12-27(13-17-29)32-31(33(41)28-14-18-30(19-15-28)45-21-26-7-5-6-24(3)20-26)34(42)35(43)40(32)36-38-39-37(47-36)46-22-25-10-8-23(2)9-11-25/h5-20,32,41H,4,21-22H2,1-3H3. The Morgan fingerprint density at radius 2 is 1.55 bits per heavy atom. The van der Waals surface area contributed by atoms with E-state index >= 15 is 0 Å². The average molecular weight is 664 g/mol. The van der Waals surface area contributed by atoms with Gasteiger partial charge in [0.05, 0.1) is 18.2 Å². The third-order valence-corrected chi connectivity index (χ3v) is 9.78. The van der Waals surface area contributed by atoms with E-state index in [1.165, 1.54) is 33.6 Å². The maximum Gasteiger partial charge on any atom is 0.301 e. The molecule has 0 aliphatic carbocycles. The molecule has 6 rings (SSSR count). The molecular formula is C37H33N3O5S2. The highest BCUT2D eigenvalue weighted by atomic mass is 32.2. The first-order valence-corrected chi connectivity index (χ1v) is 17.0. The van der Waals surface area contributed by atoms with E-state index in [2.05, 4.69) is 40.5 Å². The number of aliphatic hydroxyl groups is 1. The number of Topliss-reactive ketones (excluding diaryl/α,β-unsaturated/α-hetero) is 1. The topological polar surface area (TPSA) is 102 Å². The second kappa shape index (κ2) is 14.2. The quantitative estimate of drug-likeness (QED) is 0.0498. The molecule has 0 radical (unpaired) electrons. The first-order chi connectivity index (χ1) is 22.8. The van der Waals surface area contributed by atoms with Gasteiger partial charge in [0.2, 0.25) is 5.13 Å². The molecule has 1 aliphatic rings. The van der Waals surface area contributed by atoms with Crippen LogP contribution >= 0.6 is 23.1 Å². The van der Waals surface area contributed by atoms with Crippen molar-refractivity contribution in [2.75, 3.05) is 11.5 Å². The van der Waals surface area contributed by atoms with E-state index in [0.717, 1.165) is 16.7 Å². The molecule has 47 heavy (non-hydrogen) atoms. The summed E-state index contributed by atoms with van der Waals surface area (Å²) in [6, 6.07) is 29.3. The number of amides is 1. The van der Waals surface area contributed by atoms with Gasteiger partial charge in [0.25, 0.3) is 5.78 Å². The molecule has 5 aromatic rings. The summed E-state index contributed by atoms with van der Waals surface area (Å²) in [6.45, 7) is 6.85. The fourth-order valence-electron chi connectivity index (χ4n) is 5.28. The Bertz CT molecular complexity index is 1920. The summed E-state index contributed by atoms with van der Waals surface area (Å²) >= 11 is 2.74. The minimum Gasteiger partial charge on any atom is -0.507 e. The van der Waals surface area contributed by atoms with E-state index in [1.54, 1.807) is 48.5 Å². The zero-order chi connectivity index (χ0) is 32.9. The number of aliphatic hydroxyl groups excluding tert-OH is 1. The second-order valence-electron chi connectivity index (χ2n) is 11.1. The summed E-state index contributed by atoms with van der Waals surface area (Å²) < 4.78 is 12.2. The number of aromatic nitrogens is 2. The van der Waals surface area contributed by atoms with Crippen molar-refractivity contribution in [3.05, 3.63) is 136 Å². The lowest BCUT2D eigenvalue weighted by Gasteiger charge is -2.22. The van der Waals surface area contributed by atoms with Crippen molar-refractivity contribution in [2.24, 2.45) is 0 Å². The van der Waals surface area contributed by atoms with Gasteiger partial charge in [-0.2, -0.15) is 0 Å². The monoisotopic (exact) mass is 663 g/mol. The number of ketones is 1. The Balaban J connectivity index is 1.30. The lowest BCUT2D eigenvalue weighted by Crippen LogP contribution is -2.29. The van der Waals surface area contributed by atoms with Crippen molar-refractivity contribution < 1.29 is 24.2 Å². The number of ether oxygens (including phenoxy) is 2. The summed E-state index contributed by atoms with van der Waals surface area (Å²) in [5.74, 6) is 0.0745. The highest BCUT2D eigenvalue weighted by molar-refractivity contribution is 8.00. The molecule has 1 unspecified atom stereocenters. The molecule has 238 valence electrons. The lowest BCUT2D eigenvalue weighted by atomic mass is 9.95. The summed E-state index contributed by atoms with van der Waals surface area (Å²) in [5.41, 5.74) is 5.49. The second-order valence-corrected chi connectivity index (χ2v) is 13.3. The van der Waals surface area contributed by atoms with Crippen LogP contribution in [0.15, 0.2) is 107 Å². The number of nitrogens with zero attached hydrogens (tertiary/aromatic N) is 3. The normalized spacial score (nSPS) is 15.6. The molecule has 4 aromatic carbocycles. The van der Waals surface area contributed by atoms with E-state index in [1.807, 2.05) is 39.0 Å². The Morgan fingerprint density at radius 1 is 0.851 bits per heavy atom. The number of hydrogen-bond donors (Lipinski definition) is 1. The first kappa shape index (κ1) is 32.0. The number of carbonyl (C=O) groups excluding carboxylic acids is 2. The third kappa shape index (κ3) is 7.24. The van der Waals surface area contributed by atoms with Crippen LogP contribution in [0.2, 0.25) is 0 Å². The molecule has 1 saturated heterocycles. The first-order valence-electron chi connectivity index (χ1n) is 15.1. The largest absolute Gasteiger partial charge is 0.507 e. The van der Waals surface area contributed by atoms with Crippen LogP contribution in [0.4, 0.5) is 5.13 Å². The number of hydrogen-bond acceptors (Lipinski definition) is 9. The van der Waals surface area contributed by atoms with Gasteiger partial charge in [-0.25, -0.2) is 0 Å². The van der Waals surface area contributed by atoms with Crippen LogP contribution in [0.3, 0.4) is 0 Å². The maximum atomic E-state index is 13.6. The minimum absolute atomic E-state index is 0.0309. The van der Waals surface area contributed by atoms with Gasteiger partial charge < -0.3 is 14.6 Å². The van der Waals surface area contributed by atoms with Gasteiger partial charge in [-0.1, -0.05) is 94.9 Å². The molecule has 1 amide bonds. The Hall–Kier alpha value is -4.93. The van der Waals surface area contributed by atoms with Gasteiger partial charge in [0.15, 0.2) is 4.34 Å². The van der Waals surface area contributed by atoms with Gasteiger partial charge in [0.1, 0.15) is 23.9 Å². The van der Waals surface area contributed by atoms with Gasteiger partial charge in [-0.05, 0) is 73.9 Å². The van der Waals surface area contributed by atoms with Crippen molar-refractivity contribution in [1.29, 1.82) is 0 Å². The van der Waals surface area contributed by atoms with Crippen molar-refractivity contribution >= 4 is 45.7 Å². The Kier molecular flexibility index (Phi) is 9.70. The van der Waals surface area contributed by atoms with Crippen LogP contribution < -0.4 is 14.4 Å². The smallest absolute Gasteiger partial charge is 0.301 e. The molecule has 2 heterocycles. The molecule has 1 aliphatic heterocycles. The molecule has 1 aromatic heterocycles. The van der Waals surface area contributed by atoms with Crippen LogP contribution in [-0.2, 0) is 21.9 Å². The summed E-state index contributed by atoms with van der Waals surface area (Å²) in [6.07, 6.45) is 0. The van der Waals surface area contributed by atoms with E-state index in [4.69, 9.17) is 9.47 Å². The fourth-order valence-corrected chi connectivity index (χ4v) is 7.10. The van der Waals surface area contributed by atoms with Gasteiger partial charge >= 0.3 is 5.91 Å². The molecule has 0 spiro atoms. The van der Waals surface area contributed by atoms with Crippen LogP contribution in [0.25, 0.3) is 5.76 Å². The summed E-state index contributed by atoms with van der Waals surface area (Å²) in [4.78, 5) is 28.6. The number of thioether (sulfide) groups is 1. The van der Waals surface area contributed by atoms with Crippen molar-refractivity contribution in [3.63, 3.8) is 0 Å². The van der Waals surface area contributed by atoms with Gasteiger partial charge in [-0.3, -0.25) is 14.5 Å². The average Bonchev–Trinajstić information content (AvgIpc) is 3.65. The lowest BCUT2D eigenvalue weighted by molar-refractivity contribution is -0.132. The van der Waals surface area contributed by atoms with E-state index in [0.29, 0.717) is 45.9 Å². The zero-order valence-electron chi connectivity index (χ0n) is 26.2. The molecule has 0 bridgehead atoms. The van der Waals surface area contributed by atoms with Crippen molar-refractivity contribution in [1.82, 2.24) is 10.2 Å². The predicted molar refractivity (Wildman–Crippen MR) is 185 cm³/mol. The highest BCUT2D eigenvalue weighted by Gasteiger charge is 2.48. The van der Waals surface area contributed by atoms with Gasteiger partial charge in [-0.15, -0.1) is 10.2 Å². The third-order valence-electron chi connectivity index (χ3n) is 7.65. The maximum absolute atomic E-state index is 13.6. The van der Waals surface area contributed by atoms with Crippen LogP contribution in [0.5, 0.6) is 11.5 Å².